The fraction of sp³-hybridized carbons (Fsp3) is 0.125. The van der Waals surface area contributed by atoms with Crippen molar-refractivity contribution in [3.8, 4) is 0 Å². The Morgan fingerprint density at radius 2 is 2.25 bits per heavy atom. The van der Waals surface area contributed by atoms with Crippen LogP contribution in [0.4, 0.5) is 5.82 Å². The Morgan fingerprint density at radius 3 is 2.92 bits per heavy atom. The molecule has 0 atom stereocenters. The highest BCUT2D eigenvalue weighted by Gasteiger charge is 2.07. The molecule has 2 aromatic rings. The number of H-pyrrole nitrogens is 1. The van der Waals surface area contributed by atoms with Crippen LogP contribution in [0.2, 0.25) is 0 Å². The van der Waals surface area contributed by atoms with E-state index < -0.39 is 0 Å². The van der Waals surface area contributed by atoms with Gasteiger partial charge in [0.1, 0.15) is 0 Å². The minimum absolute atomic E-state index is 0.542. The maximum atomic E-state index is 5.67. The number of nitrogens with zero attached hydrogens (tertiary/aromatic N) is 1. The number of benzene rings is 1. The Bertz CT molecular complexity index is 433. The van der Waals surface area contributed by atoms with Crippen molar-refractivity contribution in [1.29, 1.82) is 0 Å². The number of aromatic amines is 1. The second-order valence-corrected chi connectivity index (χ2v) is 3.58. The zero-order valence-electron chi connectivity index (χ0n) is 6.56. The van der Waals surface area contributed by atoms with Crippen LogP contribution in [0, 0.1) is 6.92 Å². The molecule has 0 fully saturated rings. The quantitative estimate of drug-likeness (QED) is 0.723. The lowest BCUT2D eigenvalue weighted by Crippen LogP contribution is -1.84. The van der Waals surface area contributed by atoms with E-state index >= 15 is 0 Å². The van der Waals surface area contributed by atoms with Crippen molar-refractivity contribution >= 4 is 32.7 Å². The van der Waals surface area contributed by atoms with Gasteiger partial charge in [-0.3, -0.25) is 5.10 Å². The van der Waals surface area contributed by atoms with Gasteiger partial charge in [-0.1, -0.05) is 6.07 Å². The van der Waals surface area contributed by atoms with Crippen molar-refractivity contribution in [3.05, 3.63) is 22.2 Å². The minimum atomic E-state index is 0.542. The van der Waals surface area contributed by atoms with Gasteiger partial charge >= 0.3 is 0 Å². The number of aromatic nitrogens is 2. The summed E-state index contributed by atoms with van der Waals surface area (Å²) in [4.78, 5) is 0. The Kier molecular flexibility index (Phi) is 1.58. The molecule has 1 aromatic carbocycles. The molecule has 0 aliphatic carbocycles. The smallest absolute Gasteiger partial charge is 0.154 e. The van der Waals surface area contributed by atoms with Crippen molar-refractivity contribution in [1.82, 2.24) is 10.2 Å². The number of aryl methyl sites for hydroxylation is 1. The van der Waals surface area contributed by atoms with E-state index in [9.17, 15) is 0 Å². The van der Waals surface area contributed by atoms with E-state index in [1.54, 1.807) is 0 Å². The molecule has 0 bridgehead atoms. The summed E-state index contributed by atoms with van der Waals surface area (Å²) in [5.41, 5.74) is 7.83. The summed E-state index contributed by atoms with van der Waals surface area (Å²) in [5.74, 6) is 0.542. The molecule has 3 N–H and O–H groups in total. The highest BCUT2D eigenvalue weighted by atomic mass is 79.9. The third-order valence-electron chi connectivity index (χ3n) is 1.91. The number of halogens is 1. The van der Waals surface area contributed by atoms with Crippen LogP contribution >= 0.6 is 15.9 Å². The molecular formula is C8H8BrN3. The maximum absolute atomic E-state index is 5.67. The molecule has 1 heterocycles. The second kappa shape index (κ2) is 2.48. The predicted octanol–water partition coefficient (Wildman–Crippen LogP) is 2.22. The van der Waals surface area contributed by atoms with Gasteiger partial charge in [0.15, 0.2) is 5.82 Å². The molecule has 0 saturated heterocycles. The van der Waals surface area contributed by atoms with E-state index in [1.807, 2.05) is 19.1 Å². The number of nitrogen functional groups attached to an aromatic ring is 1. The minimum Gasteiger partial charge on any atom is -0.382 e. The molecule has 0 aliphatic heterocycles. The molecule has 4 heteroatoms. The Balaban J connectivity index is 2.98. The van der Waals surface area contributed by atoms with Gasteiger partial charge in [0.25, 0.3) is 0 Å². The standard InChI is InChI=1S/C8H8BrN3/c1-4-2-3-5(9)6-7(4)11-12-8(6)10/h2-3H,1H3,(H3,10,11,12). The van der Waals surface area contributed by atoms with Gasteiger partial charge in [-0.25, -0.2) is 0 Å². The summed E-state index contributed by atoms with van der Waals surface area (Å²) < 4.78 is 0.981. The summed E-state index contributed by atoms with van der Waals surface area (Å²) in [6, 6.07) is 3.99. The molecular weight excluding hydrogens is 218 g/mol. The van der Waals surface area contributed by atoms with Gasteiger partial charge in [-0.2, -0.15) is 5.10 Å². The van der Waals surface area contributed by atoms with Crippen molar-refractivity contribution in [2.45, 2.75) is 6.92 Å². The lowest BCUT2D eigenvalue weighted by atomic mass is 10.2. The van der Waals surface area contributed by atoms with Crippen LogP contribution in [0.15, 0.2) is 16.6 Å². The zero-order valence-corrected chi connectivity index (χ0v) is 8.14. The summed E-state index contributed by atoms with van der Waals surface area (Å²) in [6.45, 7) is 2.02. The van der Waals surface area contributed by atoms with Crippen LogP contribution in [0.3, 0.4) is 0 Å². The van der Waals surface area contributed by atoms with Crippen molar-refractivity contribution in [2.75, 3.05) is 5.73 Å². The molecule has 0 saturated carbocycles. The van der Waals surface area contributed by atoms with Gasteiger partial charge in [-0.05, 0) is 34.5 Å². The van der Waals surface area contributed by atoms with Gasteiger partial charge in [-0.15, -0.1) is 0 Å². The molecule has 0 aliphatic rings. The van der Waals surface area contributed by atoms with E-state index in [4.69, 9.17) is 5.73 Å². The first-order valence-electron chi connectivity index (χ1n) is 3.59. The van der Waals surface area contributed by atoms with Gasteiger partial charge < -0.3 is 5.73 Å². The van der Waals surface area contributed by atoms with Gasteiger partial charge in [0, 0.05) is 4.47 Å². The molecule has 0 radical (unpaired) electrons. The number of anilines is 1. The van der Waals surface area contributed by atoms with Crippen molar-refractivity contribution in [3.63, 3.8) is 0 Å². The summed E-state index contributed by atoms with van der Waals surface area (Å²) in [5, 5.41) is 7.80. The number of nitrogens with one attached hydrogen (secondary N) is 1. The summed E-state index contributed by atoms with van der Waals surface area (Å²) in [7, 11) is 0. The Morgan fingerprint density at radius 1 is 1.50 bits per heavy atom. The Hall–Kier alpha value is -1.03. The van der Waals surface area contributed by atoms with Crippen molar-refractivity contribution in [2.24, 2.45) is 0 Å². The molecule has 0 spiro atoms. The van der Waals surface area contributed by atoms with Crippen LogP contribution < -0.4 is 5.73 Å². The zero-order chi connectivity index (χ0) is 8.72. The van der Waals surface area contributed by atoms with Crippen molar-refractivity contribution < 1.29 is 0 Å². The second-order valence-electron chi connectivity index (χ2n) is 2.72. The molecule has 2 rings (SSSR count). The van der Waals surface area contributed by atoms with Gasteiger partial charge in [0.2, 0.25) is 0 Å². The Labute approximate surface area is 78.1 Å². The SMILES string of the molecule is Cc1ccc(Br)c2c(N)n[nH]c12. The normalized spacial score (nSPS) is 10.8. The topological polar surface area (TPSA) is 54.7 Å². The number of fused-ring (bicyclic) bond motifs is 1. The van der Waals surface area contributed by atoms with E-state index in [2.05, 4.69) is 26.1 Å². The highest BCUT2D eigenvalue weighted by molar-refractivity contribution is 9.10. The fourth-order valence-corrected chi connectivity index (χ4v) is 1.78. The first-order valence-corrected chi connectivity index (χ1v) is 4.38. The molecule has 12 heavy (non-hydrogen) atoms. The maximum Gasteiger partial charge on any atom is 0.154 e. The van der Waals surface area contributed by atoms with E-state index in [1.165, 1.54) is 0 Å². The monoisotopic (exact) mass is 225 g/mol. The first-order chi connectivity index (χ1) is 5.70. The first kappa shape index (κ1) is 7.61. The average molecular weight is 226 g/mol. The third kappa shape index (κ3) is 0.914. The summed E-state index contributed by atoms with van der Waals surface area (Å²) in [6.07, 6.45) is 0. The number of rotatable bonds is 0. The van der Waals surface area contributed by atoms with E-state index in [0.29, 0.717) is 5.82 Å². The number of hydrogen-bond donors (Lipinski definition) is 2. The molecule has 0 amide bonds. The van der Waals surface area contributed by atoms with E-state index in [-0.39, 0.29) is 0 Å². The fourth-order valence-electron chi connectivity index (χ4n) is 1.25. The molecule has 1 aromatic heterocycles. The van der Waals surface area contributed by atoms with Crippen LogP contribution in [0.25, 0.3) is 10.9 Å². The number of hydrogen-bond acceptors (Lipinski definition) is 2. The lowest BCUT2D eigenvalue weighted by Gasteiger charge is -1.97. The average Bonchev–Trinajstić information content (AvgIpc) is 2.42. The molecule has 0 unspecified atom stereocenters. The largest absolute Gasteiger partial charge is 0.382 e. The predicted molar refractivity (Wildman–Crippen MR) is 52.9 cm³/mol. The highest BCUT2D eigenvalue weighted by Crippen LogP contribution is 2.28. The van der Waals surface area contributed by atoms with Crippen LogP contribution in [-0.4, -0.2) is 10.2 Å². The van der Waals surface area contributed by atoms with Crippen LogP contribution in [-0.2, 0) is 0 Å². The molecule has 3 nitrogen and oxygen atoms in total. The molecule has 62 valence electrons. The van der Waals surface area contributed by atoms with Crippen LogP contribution in [0.5, 0.6) is 0 Å². The summed E-state index contributed by atoms with van der Waals surface area (Å²) >= 11 is 3.42. The number of nitrogens with two attached hydrogens (primary N) is 1. The third-order valence-corrected chi connectivity index (χ3v) is 2.57. The van der Waals surface area contributed by atoms with Gasteiger partial charge in [0.05, 0.1) is 10.9 Å². The lowest BCUT2D eigenvalue weighted by molar-refractivity contribution is 1.12. The van der Waals surface area contributed by atoms with E-state index in [0.717, 1.165) is 20.9 Å². The van der Waals surface area contributed by atoms with Crippen LogP contribution in [0.1, 0.15) is 5.56 Å².